The molecule has 0 radical (unpaired) electrons. The first-order valence-corrected chi connectivity index (χ1v) is 6.98. The predicted octanol–water partition coefficient (Wildman–Crippen LogP) is 1.48. The van der Waals surface area contributed by atoms with Crippen LogP contribution in [0.25, 0.3) is 0 Å². The maximum atomic E-state index is 12.0. The van der Waals surface area contributed by atoms with E-state index in [1.165, 1.54) is 0 Å². The van der Waals surface area contributed by atoms with Crippen molar-refractivity contribution in [2.24, 2.45) is 0 Å². The third-order valence-corrected chi connectivity index (χ3v) is 3.23. The molecule has 1 aromatic rings. The van der Waals surface area contributed by atoms with Gasteiger partial charge in [0.1, 0.15) is 0 Å². The molecule has 0 bridgehead atoms. The van der Waals surface area contributed by atoms with Gasteiger partial charge in [-0.3, -0.25) is 9.59 Å². The monoisotopic (exact) mass is 276 g/mol. The predicted molar refractivity (Wildman–Crippen MR) is 76.4 cm³/mol. The van der Waals surface area contributed by atoms with Crippen LogP contribution in [0.2, 0.25) is 0 Å². The summed E-state index contributed by atoms with van der Waals surface area (Å²) in [7, 11) is 0. The van der Waals surface area contributed by atoms with E-state index in [-0.39, 0.29) is 24.3 Å². The average Bonchev–Trinajstić information content (AvgIpc) is 2.93. The van der Waals surface area contributed by atoms with Crippen LogP contribution in [-0.4, -0.2) is 31.1 Å². The summed E-state index contributed by atoms with van der Waals surface area (Å²) in [6, 6.07) is 7.20. The van der Waals surface area contributed by atoms with E-state index in [1.807, 2.05) is 24.3 Å². The number of hydrogen-bond donors (Lipinski definition) is 2. The number of ether oxygens (including phenoxy) is 1. The van der Waals surface area contributed by atoms with Crippen LogP contribution in [0.15, 0.2) is 24.3 Å². The van der Waals surface area contributed by atoms with Gasteiger partial charge in [0.25, 0.3) is 0 Å². The molecule has 108 valence electrons. The van der Waals surface area contributed by atoms with Crippen molar-refractivity contribution in [3.63, 3.8) is 0 Å². The van der Waals surface area contributed by atoms with E-state index in [4.69, 9.17) is 4.74 Å². The Balaban J connectivity index is 1.95. The number of esters is 1. The molecule has 5 nitrogen and oxygen atoms in total. The van der Waals surface area contributed by atoms with Crippen molar-refractivity contribution in [1.29, 1.82) is 0 Å². The maximum Gasteiger partial charge on any atom is 0.310 e. The lowest BCUT2D eigenvalue weighted by atomic mass is 10.1. The van der Waals surface area contributed by atoms with E-state index in [0.29, 0.717) is 12.3 Å². The van der Waals surface area contributed by atoms with Crippen molar-refractivity contribution in [3.05, 3.63) is 29.8 Å². The topological polar surface area (TPSA) is 67.4 Å². The van der Waals surface area contributed by atoms with Gasteiger partial charge in [0, 0.05) is 5.69 Å². The molecule has 2 N–H and O–H groups in total. The molecule has 1 heterocycles. The van der Waals surface area contributed by atoms with Crippen LogP contribution in [0.4, 0.5) is 5.69 Å². The van der Waals surface area contributed by atoms with Gasteiger partial charge in [-0.05, 0) is 44.0 Å². The van der Waals surface area contributed by atoms with Gasteiger partial charge in [-0.2, -0.15) is 0 Å². The van der Waals surface area contributed by atoms with Gasteiger partial charge < -0.3 is 15.4 Å². The van der Waals surface area contributed by atoms with E-state index < -0.39 is 0 Å². The van der Waals surface area contributed by atoms with E-state index >= 15 is 0 Å². The molecule has 0 aromatic heterocycles. The minimum Gasteiger partial charge on any atom is -0.466 e. The summed E-state index contributed by atoms with van der Waals surface area (Å²) >= 11 is 0. The zero-order chi connectivity index (χ0) is 14.4. The SMILES string of the molecule is CCOC(=O)Cc1cccc(NC(=O)C2CCCN2)c1. The van der Waals surface area contributed by atoms with Gasteiger partial charge in [0.2, 0.25) is 5.91 Å². The standard InChI is InChI=1S/C15H20N2O3/c1-2-20-14(18)10-11-5-3-6-12(9-11)17-15(19)13-7-4-8-16-13/h3,5-6,9,13,16H,2,4,7-8,10H2,1H3,(H,17,19). The molecule has 1 aliphatic heterocycles. The minimum atomic E-state index is -0.256. The molecule has 1 aromatic carbocycles. The minimum absolute atomic E-state index is 0.0178. The Bertz CT molecular complexity index is 482. The molecule has 2 rings (SSSR count). The van der Waals surface area contributed by atoms with Gasteiger partial charge in [-0.1, -0.05) is 12.1 Å². The number of amides is 1. The summed E-state index contributed by atoms with van der Waals surface area (Å²) in [5, 5.41) is 6.03. The third kappa shape index (κ3) is 4.06. The van der Waals surface area contributed by atoms with Crippen LogP contribution in [-0.2, 0) is 20.7 Å². The van der Waals surface area contributed by atoms with Crippen LogP contribution in [0.1, 0.15) is 25.3 Å². The maximum absolute atomic E-state index is 12.0. The summed E-state index contributed by atoms with van der Waals surface area (Å²) < 4.78 is 4.91. The number of benzene rings is 1. The van der Waals surface area contributed by atoms with Gasteiger partial charge in [0.15, 0.2) is 0 Å². The largest absolute Gasteiger partial charge is 0.466 e. The Morgan fingerprint density at radius 3 is 3.00 bits per heavy atom. The van der Waals surface area contributed by atoms with Gasteiger partial charge in [0.05, 0.1) is 19.1 Å². The van der Waals surface area contributed by atoms with E-state index in [1.54, 1.807) is 6.92 Å². The smallest absolute Gasteiger partial charge is 0.310 e. The lowest BCUT2D eigenvalue weighted by molar-refractivity contribution is -0.142. The average molecular weight is 276 g/mol. The van der Waals surface area contributed by atoms with Crippen LogP contribution < -0.4 is 10.6 Å². The normalized spacial score (nSPS) is 17.8. The van der Waals surface area contributed by atoms with Crippen molar-refractivity contribution in [1.82, 2.24) is 5.32 Å². The second-order valence-corrected chi connectivity index (χ2v) is 4.82. The summed E-state index contributed by atoms with van der Waals surface area (Å²) in [5.41, 5.74) is 1.55. The van der Waals surface area contributed by atoms with Crippen LogP contribution in [0.3, 0.4) is 0 Å². The molecule has 20 heavy (non-hydrogen) atoms. The van der Waals surface area contributed by atoms with Crippen molar-refractivity contribution in [3.8, 4) is 0 Å². The van der Waals surface area contributed by atoms with E-state index in [0.717, 1.165) is 24.9 Å². The number of hydrogen-bond acceptors (Lipinski definition) is 4. The van der Waals surface area contributed by atoms with Crippen LogP contribution in [0.5, 0.6) is 0 Å². The second-order valence-electron chi connectivity index (χ2n) is 4.82. The fourth-order valence-electron chi connectivity index (χ4n) is 2.28. The Morgan fingerprint density at radius 2 is 2.30 bits per heavy atom. The lowest BCUT2D eigenvalue weighted by Gasteiger charge is -2.12. The molecule has 0 saturated carbocycles. The summed E-state index contributed by atoms with van der Waals surface area (Å²) in [6.07, 6.45) is 2.12. The number of anilines is 1. The van der Waals surface area contributed by atoms with Crippen molar-refractivity contribution < 1.29 is 14.3 Å². The fourth-order valence-corrected chi connectivity index (χ4v) is 2.28. The highest BCUT2D eigenvalue weighted by molar-refractivity contribution is 5.95. The van der Waals surface area contributed by atoms with Crippen LogP contribution in [0, 0.1) is 0 Å². The number of carbonyl (C=O) groups is 2. The van der Waals surface area contributed by atoms with Crippen LogP contribution >= 0.6 is 0 Å². The van der Waals surface area contributed by atoms with Gasteiger partial charge >= 0.3 is 5.97 Å². The van der Waals surface area contributed by atoms with Gasteiger partial charge in [-0.15, -0.1) is 0 Å². The molecule has 0 aliphatic carbocycles. The molecule has 1 unspecified atom stereocenters. The Morgan fingerprint density at radius 1 is 1.45 bits per heavy atom. The second kappa shape index (κ2) is 7.05. The molecule has 1 saturated heterocycles. The molecular weight excluding hydrogens is 256 g/mol. The first-order chi connectivity index (χ1) is 9.69. The molecule has 1 fully saturated rings. The Hall–Kier alpha value is -1.88. The van der Waals surface area contributed by atoms with Gasteiger partial charge in [-0.25, -0.2) is 0 Å². The molecule has 1 atom stereocenters. The Labute approximate surface area is 118 Å². The highest BCUT2D eigenvalue weighted by Crippen LogP contribution is 2.14. The summed E-state index contributed by atoms with van der Waals surface area (Å²) in [5.74, 6) is -0.274. The molecule has 5 heteroatoms. The number of nitrogens with one attached hydrogen (secondary N) is 2. The Kier molecular flexibility index (Phi) is 5.12. The lowest BCUT2D eigenvalue weighted by Crippen LogP contribution is -2.35. The summed E-state index contributed by atoms with van der Waals surface area (Å²) in [4.78, 5) is 23.4. The highest BCUT2D eigenvalue weighted by Gasteiger charge is 2.21. The van der Waals surface area contributed by atoms with Crippen molar-refractivity contribution >= 4 is 17.6 Å². The number of rotatable bonds is 5. The van der Waals surface area contributed by atoms with Crippen molar-refractivity contribution in [2.75, 3.05) is 18.5 Å². The molecule has 1 amide bonds. The zero-order valence-corrected chi connectivity index (χ0v) is 11.6. The first-order valence-electron chi connectivity index (χ1n) is 6.98. The number of carbonyl (C=O) groups excluding carboxylic acids is 2. The molecular formula is C15H20N2O3. The van der Waals surface area contributed by atoms with E-state index in [2.05, 4.69) is 10.6 Å². The first kappa shape index (κ1) is 14.5. The fraction of sp³-hybridized carbons (Fsp3) is 0.467. The third-order valence-electron chi connectivity index (χ3n) is 3.23. The van der Waals surface area contributed by atoms with Crippen molar-refractivity contribution in [2.45, 2.75) is 32.2 Å². The molecule has 0 spiro atoms. The summed E-state index contributed by atoms with van der Waals surface area (Å²) in [6.45, 7) is 3.05. The van der Waals surface area contributed by atoms with E-state index in [9.17, 15) is 9.59 Å². The highest BCUT2D eigenvalue weighted by atomic mass is 16.5. The zero-order valence-electron chi connectivity index (χ0n) is 11.6. The molecule has 1 aliphatic rings. The quantitative estimate of drug-likeness (QED) is 0.799.